The van der Waals surface area contributed by atoms with Crippen molar-refractivity contribution in [2.45, 2.75) is 114 Å². The summed E-state index contributed by atoms with van der Waals surface area (Å²) in [6.07, 6.45) is 2.99. The maximum absolute atomic E-state index is 13.3. The molecule has 294 valence electrons. The summed E-state index contributed by atoms with van der Waals surface area (Å²) in [5.74, 6) is 0.0627. The van der Waals surface area contributed by atoms with Crippen LogP contribution in [0.1, 0.15) is 87.8 Å². The highest BCUT2D eigenvalue weighted by Crippen LogP contribution is 2.50. The topological polar surface area (TPSA) is 185 Å². The van der Waals surface area contributed by atoms with Crippen molar-refractivity contribution in [2.24, 2.45) is 0 Å². The number of nitrogens with zero attached hydrogens (tertiary/aromatic N) is 2. The Morgan fingerprint density at radius 3 is 2.44 bits per heavy atom. The number of pyridine rings is 1. The molecule has 2 aromatic carbocycles. The van der Waals surface area contributed by atoms with E-state index in [1.54, 1.807) is 0 Å². The lowest BCUT2D eigenvalue weighted by Gasteiger charge is -2.30. The molecule has 2 amide bonds. The van der Waals surface area contributed by atoms with Crippen molar-refractivity contribution in [1.82, 2.24) is 20.5 Å². The van der Waals surface area contributed by atoms with E-state index in [0.29, 0.717) is 43.8 Å². The molecule has 54 heavy (non-hydrogen) atoms. The molecule has 1 aromatic heterocycles. The molecule has 0 aliphatic heterocycles. The number of hydrogen-bond acceptors (Lipinski definition) is 10. The number of halogens is 1. The highest BCUT2D eigenvalue weighted by atomic mass is 35.5. The van der Waals surface area contributed by atoms with Crippen LogP contribution >= 0.6 is 11.6 Å². The van der Waals surface area contributed by atoms with E-state index in [-0.39, 0.29) is 36.6 Å². The number of hydrogen-bond donors (Lipinski definition) is 7. The molecule has 12 nitrogen and oxygen atoms in total. The standard InChI is InChI=1S/C41H55ClN4O8/c1-26(8-7-21-46(20-6-5-18-44-27(2)48)40(53)39(52)38(51)37(50)35(49)25-47)28-11-14-34(42)29(22-28)23-45-41(16-17-41)33-24-43-19-15-31(33)32-9-3-4-10-36(32)54-30-12-13-30/h3-4,9-11,14-15,19,22,24,26,30,35,37-39,45,47,49-52H,5-8,12-13,16-18,20-21,23,25H2,1-2H3,(H,44,48)/t26?,35-,37+,38-,39-/m0/s1. The molecular formula is C41H55ClN4O8. The van der Waals surface area contributed by atoms with Crippen molar-refractivity contribution < 1.29 is 39.9 Å². The minimum Gasteiger partial charge on any atom is -0.490 e. The van der Waals surface area contributed by atoms with Gasteiger partial charge in [0.05, 0.1) is 12.7 Å². The third-order valence-corrected chi connectivity index (χ3v) is 10.8. The first kappa shape index (κ1) is 41.5. The summed E-state index contributed by atoms with van der Waals surface area (Å²) < 4.78 is 6.27. The van der Waals surface area contributed by atoms with Gasteiger partial charge in [-0.2, -0.15) is 0 Å². The summed E-state index contributed by atoms with van der Waals surface area (Å²) in [6.45, 7) is 4.22. The highest BCUT2D eigenvalue weighted by Gasteiger charge is 2.46. The lowest BCUT2D eigenvalue weighted by Crippen LogP contribution is -2.53. The van der Waals surface area contributed by atoms with E-state index in [9.17, 15) is 30.0 Å². The number of rotatable bonds is 22. The number of aliphatic hydroxyl groups excluding tert-OH is 5. The van der Waals surface area contributed by atoms with Crippen LogP contribution < -0.4 is 15.4 Å². The molecular weight excluding hydrogens is 712 g/mol. The average Bonchev–Trinajstić information content (AvgIpc) is 4.13. The second kappa shape index (κ2) is 19.3. The first-order valence-electron chi connectivity index (χ1n) is 19.0. The fourth-order valence-electron chi connectivity index (χ4n) is 6.77. The number of ether oxygens (including phenoxy) is 1. The summed E-state index contributed by atoms with van der Waals surface area (Å²) in [5, 5.41) is 57.1. The third kappa shape index (κ3) is 11.0. The van der Waals surface area contributed by atoms with E-state index in [0.717, 1.165) is 59.3 Å². The van der Waals surface area contributed by atoms with Gasteiger partial charge in [-0.3, -0.25) is 14.6 Å². The van der Waals surface area contributed by atoms with Crippen LogP contribution in [0.2, 0.25) is 5.02 Å². The molecule has 0 spiro atoms. The summed E-state index contributed by atoms with van der Waals surface area (Å²) in [5.41, 5.74) is 5.16. The molecule has 2 aliphatic rings. The number of para-hydroxylation sites is 1. The quantitative estimate of drug-likeness (QED) is 0.0743. The van der Waals surface area contributed by atoms with Crippen LogP contribution in [0.5, 0.6) is 5.75 Å². The monoisotopic (exact) mass is 766 g/mol. The summed E-state index contributed by atoms with van der Waals surface area (Å²) in [7, 11) is 0. The summed E-state index contributed by atoms with van der Waals surface area (Å²) in [6, 6.07) is 16.3. The van der Waals surface area contributed by atoms with Crippen LogP contribution in [0.15, 0.2) is 60.9 Å². The molecule has 2 fully saturated rings. The number of aromatic nitrogens is 1. The average molecular weight is 767 g/mol. The maximum Gasteiger partial charge on any atom is 0.254 e. The van der Waals surface area contributed by atoms with E-state index in [1.165, 1.54) is 11.8 Å². The van der Waals surface area contributed by atoms with Crippen molar-refractivity contribution in [1.29, 1.82) is 0 Å². The SMILES string of the molecule is CC(=O)NCCCCN(CCCC(C)c1ccc(Cl)c(CNC2(c3cnccc3-c3ccccc3OC3CC3)CC2)c1)C(=O)[C@@H](O)[C@@H](O)[C@H](O)[C@@H](O)CO. The normalized spacial score (nSPS) is 17.6. The zero-order valence-electron chi connectivity index (χ0n) is 31.2. The van der Waals surface area contributed by atoms with Crippen molar-refractivity contribution >= 4 is 23.4 Å². The number of aliphatic hydroxyl groups is 5. The Morgan fingerprint density at radius 2 is 1.74 bits per heavy atom. The van der Waals surface area contributed by atoms with Crippen LogP contribution in [-0.4, -0.2) is 104 Å². The first-order valence-corrected chi connectivity index (χ1v) is 19.4. The molecule has 0 radical (unpaired) electrons. The molecule has 1 unspecified atom stereocenters. The molecule has 5 rings (SSSR count). The highest BCUT2D eigenvalue weighted by molar-refractivity contribution is 6.31. The lowest BCUT2D eigenvalue weighted by molar-refractivity contribution is -0.158. The lowest BCUT2D eigenvalue weighted by atomic mass is 9.93. The number of amides is 2. The molecule has 2 saturated carbocycles. The van der Waals surface area contributed by atoms with Crippen LogP contribution in [0.25, 0.3) is 11.1 Å². The van der Waals surface area contributed by atoms with Crippen molar-refractivity contribution in [3.05, 3.63) is 82.6 Å². The van der Waals surface area contributed by atoms with Gasteiger partial charge in [-0.15, -0.1) is 0 Å². The molecule has 5 atom stereocenters. The Labute approximate surface area is 322 Å². The van der Waals surface area contributed by atoms with Crippen LogP contribution in [0.3, 0.4) is 0 Å². The number of nitrogens with one attached hydrogen (secondary N) is 2. The van der Waals surface area contributed by atoms with Crippen molar-refractivity contribution in [3.8, 4) is 16.9 Å². The Morgan fingerprint density at radius 1 is 1.00 bits per heavy atom. The predicted molar refractivity (Wildman–Crippen MR) is 206 cm³/mol. The molecule has 0 bridgehead atoms. The van der Waals surface area contributed by atoms with Crippen LogP contribution in [0.4, 0.5) is 0 Å². The second-order valence-corrected chi connectivity index (χ2v) is 15.2. The first-order chi connectivity index (χ1) is 25.9. The molecule has 1 heterocycles. The minimum absolute atomic E-state index is 0.109. The number of benzene rings is 2. The van der Waals surface area contributed by atoms with Gasteiger partial charge in [-0.05, 0) is 97.7 Å². The second-order valence-electron chi connectivity index (χ2n) is 14.8. The van der Waals surface area contributed by atoms with Gasteiger partial charge in [0.15, 0.2) is 6.10 Å². The summed E-state index contributed by atoms with van der Waals surface area (Å²) >= 11 is 6.75. The van der Waals surface area contributed by atoms with E-state index >= 15 is 0 Å². The zero-order valence-corrected chi connectivity index (χ0v) is 31.9. The molecule has 0 saturated heterocycles. The van der Waals surface area contributed by atoms with Gasteiger partial charge in [0.25, 0.3) is 5.91 Å². The molecule has 7 N–H and O–H groups in total. The molecule has 13 heteroatoms. The van der Waals surface area contributed by atoms with Crippen LogP contribution in [0, 0.1) is 0 Å². The van der Waals surface area contributed by atoms with Crippen LogP contribution in [-0.2, 0) is 21.7 Å². The number of unbranched alkanes of at least 4 members (excludes halogenated alkanes) is 1. The van der Waals surface area contributed by atoms with E-state index in [2.05, 4.69) is 40.7 Å². The molecule has 2 aliphatic carbocycles. The fourth-order valence-corrected chi connectivity index (χ4v) is 6.95. The Kier molecular flexibility index (Phi) is 14.8. The maximum atomic E-state index is 13.3. The minimum atomic E-state index is -2.00. The van der Waals surface area contributed by atoms with Crippen molar-refractivity contribution in [2.75, 3.05) is 26.2 Å². The Bertz CT molecular complexity index is 1700. The largest absolute Gasteiger partial charge is 0.490 e. The van der Waals surface area contributed by atoms with Crippen molar-refractivity contribution in [3.63, 3.8) is 0 Å². The van der Waals surface area contributed by atoms with Gasteiger partial charge >= 0.3 is 0 Å². The van der Waals surface area contributed by atoms with Gasteiger partial charge in [0.1, 0.15) is 24.1 Å². The van der Waals surface area contributed by atoms with Gasteiger partial charge in [-0.25, -0.2) is 0 Å². The van der Waals surface area contributed by atoms with E-state index in [4.69, 9.17) is 21.4 Å². The van der Waals surface area contributed by atoms with E-state index < -0.39 is 36.9 Å². The molecule has 3 aromatic rings. The Balaban J connectivity index is 1.21. The smallest absolute Gasteiger partial charge is 0.254 e. The Hall–Kier alpha value is -3.62. The van der Waals surface area contributed by atoms with Gasteiger partial charge in [-0.1, -0.05) is 48.9 Å². The van der Waals surface area contributed by atoms with E-state index in [1.807, 2.05) is 42.7 Å². The third-order valence-electron chi connectivity index (χ3n) is 10.5. The number of carbonyl (C=O) groups excluding carboxylic acids is 2. The summed E-state index contributed by atoms with van der Waals surface area (Å²) in [4.78, 5) is 30.5. The van der Waals surface area contributed by atoms with Gasteiger partial charge < -0.3 is 45.8 Å². The fraction of sp³-hybridized carbons (Fsp3) is 0.537. The zero-order chi connectivity index (χ0) is 38.8. The number of carbonyl (C=O) groups is 2. The van der Waals surface area contributed by atoms with Gasteiger partial charge in [0.2, 0.25) is 5.91 Å². The predicted octanol–water partition coefficient (Wildman–Crippen LogP) is 3.79. The van der Waals surface area contributed by atoms with Gasteiger partial charge in [0, 0.05) is 61.6 Å².